The van der Waals surface area contributed by atoms with Gasteiger partial charge in [0.2, 0.25) is 5.78 Å². The Labute approximate surface area is 177 Å². The van der Waals surface area contributed by atoms with Crippen LogP contribution in [0.2, 0.25) is 0 Å². The molecule has 0 saturated heterocycles. The predicted molar refractivity (Wildman–Crippen MR) is 119 cm³/mol. The van der Waals surface area contributed by atoms with Gasteiger partial charge in [-0.1, -0.05) is 42.5 Å². The van der Waals surface area contributed by atoms with Crippen LogP contribution in [0.5, 0.6) is 5.75 Å². The second-order valence-electron chi connectivity index (χ2n) is 7.30. The largest absolute Gasteiger partial charge is 0.497 e. The SMILES string of the molecule is COc1cccc(-c2c(C(=O)c3ccccc3)oc3ccc4c(C)cc(=O)oc4c23)c1. The van der Waals surface area contributed by atoms with Crippen LogP contribution in [-0.4, -0.2) is 12.9 Å². The Hall–Kier alpha value is -4.12. The van der Waals surface area contributed by atoms with E-state index in [9.17, 15) is 9.59 Å². The summed E-state index contributed by atoms with van der Waals surface area (Å²) < 4.78 is 17.1. The summed E-state index contributed by atoms with van der Waals surface area (Å²) in [6.45, 7) is 1.85. The number of aryl methyl sites for hydroxylation is 1. The highest BCUT2D eigenvalue weighted by Gasteiger charge is 2.26. The van der Waals surface area contributed by atoms with E-state index in [4.69, 9.17) is 13.6 Å². The third-order valence-electron chi connectivity index (χ3n) is 5.37. The van der Waals surface area contributed by atoms with Crippen molar-refractivity contribution in [2.75, 3.05) is 7.11 Å². The molecule has 31 heavy (non-hydrogen) atoms. The molecule has 5 aromatic rings. The summed E-state index contributed by atoms with van der Waals surface area (Å²) in [6, 6.07) is 21.4. The number of rotatable bonds is 4. The molecule has 0 saturated carbocycles. The Morgan fingerprint density at radius 2 is 1.71 bits per heavy atom. The number of furan rings is 1. The molecule has 0 aliphatic heterocycles. The van der Waals surface area contributed by atoms with Crippen molar-refractivity contribution in [2.45, 2.75) is 6.92 Å². The van der Waals surface area contributed by atoms with Crippen molar-refractivity contribution in [3.63, 3.8) is 0 Å². The van der Waals surface area contributed by atoms with Gasteiger partial charge in [-0.25, -0.2) is 4.79 Å². The molecule has 0 amide bonds. The van der Waals surface area contributed by atoms with Crippen LogP contribution < -0.4 is 10.4 Å². The topological polar surface area (TPSA) is 69.7 Å². The minimum Gasteiger partial charge on any atom is -0.497 e. The highest BCUT2D eigenvalue weighted by molar-refractivity contribution is 6.20. The van der Waals surface area contributed by atoms with Gasteiger partial charge < -0.3 is 13.6 Å². The van der Waals surface area contributed by atoms with E-state index in [1.54, 1.807) is 37.4 Å². The van der Waals surface area contributed by atoms with Crippen LogP contribution in [0.1, 0.15) is 21.7 Å². The highest BCUT2D eigenvalue weighted by atomic mass is 16.5. The monoisotopic (exact) mass is 410 g/mol. The van der Waals surface area contributed by atoms with E-state index in [0.29, 0.717) is 33.4 Å². The van der Waals surface area contributed by atoms with Crippen LogP contribution in [0, 0.1) is 6.92 Å². The molecule has 152 valence electrons. The number of hydrogen-bond acceptors (Lipinski definition) is 5. The number of benzene rings is 3. The first-order valence-electron chi connectivity index (χ1n) is 9.81. The molecule has 0 fully saturated rings. The van der Waals surface area contributed by atoms with Gasteiger partial charge in [0.15, 0.2) is 5.76 Å². The van der Waals surface area contributed by atoms with Gasteiger partial charge >= 0.3 is 5.63 Å². The van der Waals surface area contributed by atoms with Gasteiger partial charge in [0.05, 0.1) is 12.5 Å². The number of carbonyl (C=O) groups excluding carboxylic acids is 1. The van der Waals surface area contributed by atoms with Crippen LogP contribution in [0.15, 0.2) is 86.4 Å². The Bertz CT molecular complexity index is 1510. The summed E-state index contributed by atoms with van der Waals surface area (Å²) >= 11 is 0. The zero-order valence-corrected chi connectivity index (χ0v) is 17.0. The lowest BCUT2D eigenvalue weighted by atomic mass is 9.96. The lowest BCUT2D eigenvalue weighted by Crippen LogP contribution is -2.01. The smallest absolute Gasteiger partial charge is 0.336 e. The van der Waals surface area contributed by atoms with Crippen LogP contribution in [0.3, 0.4) is 0 Å². The third-order valence-corrected chi connectivity index (χ3v) is 5.37. The molecule has 5 nitrogen and oxygen atoms in total. The Morgan fingerprint density at radius 3 is 2.48 bits per heavy atom. The second-order valence-corrected chi connectivity index (χ2v) is 7.30. The highest BCUT2D eigenvalue weighted by Crippen LogP contribution is 2.41. The molecule has 0 aliphatic rings. The van der Waals surface area contributed by atoms with Gasteiger partial charge in [0, 0.05) is 22.6 Å². The van der Waals surface area contributed by atoms with Crippen molar-refractivity contribution >= 4 is 27.7 Å². The van der Waals surface area contributed by atoms with E-state index in [-0.39, 0.29) is 11.5 Å². The third kappa shape index (κ3) is 3.11. The number of carbonyl (C=O) groups is 1. The van der Waals surface area contributed by atoms with Gasteiger partial charge in [-0.2, -0.15) is 0 Å². The molecule has 0 unspecified atom stereocenters. The first-order valence-corrected chi connectivity index (χ1v) is 9.81. The molecule has 3 aromatic carbocycles. The summed E-state index contributed by atoms with van der Waals surface area (Å²) in [5, 5.41) is 1.38. The van der Waals surface area contributed by atoms with Crippen LogP contribution in [-0.2, 0) is 0 Å². The molecule has 5 heteroatoms. The van der Waals surface area contributed by atoms with Crippen LogP contribution >= 0.6 is 0 Å². The normalized spacial score (nSPS) is 11.2. The number of fused-ring (bicyclic) bond motifs is 3. The van der Waals surface area contributed by atoms with Crippen LogP contribution in [0.4, 0.5) is 0 Å². The van der Waals surface area contributed by atoms with Crippen molar-refractivity contribution in [3.8, 4) is 16.9 Å². The van der Waals surface area contributed by atoms with Crippen molar-refractivity contribution in [1.82, 2.24) is 0 Å². The molecule has 5 rings (SSSR count). The molecule has 2 heterocycles. The van der Waals surface area contributed by atoms with E-state index < -0.39 is 5.63 Å². The lowest BCUT2D eigenvalue weighted by Gasteiger charge is -2.07. The number of ether oxygens (including phenoxy) is 1. The van der Waals surface area contributed by atoms with Crippen molar-refractivity contribution < 1.29 is 18.4 Å². The summed E-state index contributed by atoms with van der Waals surface area (Å²) in [6.07, 6.45) is 0. The Kier molecular flexibility index (Phi) is 4.44. The van der Waals surface area contributed by atoms with E-state index in [2.05, 4.69) is 0 Å². The van der Waals surface area contributed by atoms with E-state index in [1.807, 2.05) is 43.3 Å². The summed E-state index contributed by atoms with van der Waals surface area (Å²) in [5.41, 5.74) is 3.02. The molecule has 0 aliphatic carbocycles. The first kappa shape index (κ1) is 18.9. The molecule has 0 spiro atoms. The number of ketones is 1. The fourth-order valence-electron chi connectivity index (χ4n) is 3.90. The average molecular weight is 410 g/mol. The average Bonchev–Trinajstić information content (AvgIpc) is 3.19. The zero-order chi connectivity index (χ0) is 21.5. The quantitative estimate of drug-likeness (QED) is 0.279. The molecular formula is C26H18O5. The molecule has 0 radical (unpaired) electrons. The summed E-state index contributed by atoms with van der Waals surface area (Å²) in [4.78, 5) is 25.6. The maximum absolute atomic E-state index is 13.4. The van der Waals surface area contributed by atoms with E-state index >= 15 is 0 Å². The van der Waals surface area contributed by atoms with E-state index in [0.717, 1.165) is 16.5 Å². The maximum atomic E-state index is 13.4. The minimum atomic E-state index is -0.453. The standard InChI is InChI=1S/C26H18O5/c1-15-13-21(27)31-25-19(15)11-12-20-23(25)22(17-9-6-10-18(14-17)29-2)26(30-20)24(28)16-7-4-3-5-8-16/h3-14H,1-2H3. The van der Waals surface area contributed by atoms with Gasteiger partial charge in [-0.3, -0.25) is 4.79 Å². The predicted octanol–water partition coefficient (Wildman–Crippen LogP) is 5.75. The molecule has 0 bridgehead atoms. The molecule has 0 atom stereocenters. The van der Waals surface area contributed by atoms with E-state index in [1.165, 1.54) is 6.07 Å². The fraction of sp³-hybridized carbons (Fsp3) is 0.0769. The van der Waals surface area contributed by atoms with Gasteiger partial charge in [0.1, 0.15) is 16.9 Å². The van der Waals surface area contributed by atoms with Crippen molar-refractivity contribution in [1.29, 1.82) is 0 Å². The lowest BCUT2D eigenvalue weighted by molar-refractivity contribution is 0.101. The van der Waals surface area contributed by atoms with Crippen molar-refractivity contribution in [2.24, 2.45) is 0 Å². The zero-order valence-electron chi connectivity index (χ0n) is 17.0. The van der Waals surface area contributed by atoms with Crippen molar-refractivity contribution in [3.05, 3.63) is 100 Å². The number of hydrogen-bond donors (Lipinski definition) is 0. The Balaban J connectivity index is 1.92. The summed E-state index contributed by atoms with van der Waals surface area (Å²) in [5.74, 6) is 0.576. The Morgan fingerprint density at radius 1 is 0.903 bits per heavy atom. The summed E-state index contributed by atoms with van der Waals surface area (Å²) in [7, 11) is 1.58. The second kappa shape index (κ2) is 7.29. The molecule has 2 aromatic heterocycles. The van der Waals surface area contributed by atoms with Gasteiger partial charge in [0.25, 0.3) is 0 Å². The van der Waals surface area contributed by atoms with Gasteiger partial charge in [-0.05, 0) is 42.3 Å². The maximum Gasteiger partial charge on any atom is 0.336 e. The number of methoxy groups -OCH3 is 1. The molecule has 0 N–H and O–H groups in total. The fourth-order valence-corrected chi connectivity index (χ4v) is 3.90. The molecular weight excluding hydrogens is 392 g/mol. The first-order chi connectivity index (χ1) is 15.1. The minimum absolute atomic E-state index is 0.186. The van der Waals surface area contributed by atoms with Gasteiger partial charge in [-0.15, -0.1) is 0 Å². The van der Waals surface area contributed by atoms with Crippen LogP contribution in [0.25, 0.3) is 33.1 Å².